The highest BCUT2D eigenvalue weighted by molar-refractivity contribution is 5.84. The zero-order valence-electron chi connectivity index (χ0n) is 14.9. The maximum Gasteiger partial charge on any atom is 0.226 e. The molecule has 1 aromatic carbocycles. The van der Waals surface area contributed by atoms with Crippen LogP contribution in [0.5, 0.6) is 5.75 Å². The molecule has 2 atom stereocenters. The first-order chi connectivity index (χ1) is 11.9. The second-order valence-electron chi connectivity index (χ2n) is 6.18. The minimum Gasteiger partial charge on any atom is -0.497 e. The molecule has 0 spiro atoms. The Morgan fingerprint density at radius 1 is 1.28 bits per heavy atom. The van der Waals surface area contributed by atoms with Gasteiger partial charge in [-0.05, 0) is 24.1 Å². The molecule has 2 rings (SSSR count). The van der Waals surface area contributed by atoms with Crippen LogP contribution in [0.3, 0.4) is 0 Å². The highest BCUT2D eigenvalue weighted by atomic mass is 16.5. The van der Waals surface area contributed by atoms with E-state index in [4.69, 9.17) is 4.74 Å². The first kappa shape index (κ1) is 18.8. The van der Waals surface area contributed by atoms with Crippen LogP contribution in [0.1, 0.15) is 18.9 Å². The third-order valence-electron chi connectivity index (χ3n) is 4.41. The zero-order valence-corrected chi connectivity index (χ0v) is 14.9. The summed E-state index contributed by atoms with van der Waals surface area (Å²) in [5, 5.41) is 5.37. The lowest BCUT2D eigenvalue weighted by Gasteiger charge is -2.17. The second-order valence-corrected chi connectivity index (χ2v) is 6.18. The molecule has 0 aliphatic carbocycles. The molecule has 7 heteroatoms. The first-order valence-electron chi connectivity index (χ1n) is 8.34. The Bertz CT molecular complexity index is 647. The highest BCUT2D eigenvalue weighted by Gasteiger charge is 2.39. The van der Waals surface area contributed by atoms with Gasteiger partial charge in [-0.3, -0.25) is 14.4 Å². The maximum atomic E-state index is 12.5. The van der Waals surface area contributed by atoms with Crippen LogP contribution in [0, 0.1) is 5.92 Å². The van der Waals surface area contributed by atoms with E-state index in [0.717, 1.165) is 11.3 Å². The number of nitrogens with zero attached hydrogens (tertiary/aromatic N) is 1. The van der Waals surface area contributed by atoms with Gasteiger partial charge in [0.1, 0.15) is 5.75 Å². The van der Waals surface area contributed by atoms with E-state index in [1.54, 1.807) is 19.1 Å². The Kier molecular flexibility index (Phi) is 6.38. The van der Waals surface area contributed by atoms with Crippen LogP contribution in [-0.4, -0.2) is 55.9 Å². The van der Waals surface area contributed by atoms with Crippen LogP contribution < -0.4 is 15.4 Å². The smallest absolute Gasteiger partial charge is 0.226 e. The molecule has 2 N–H and O–H groups in total. The summed E-state index contributed by atoms with van der Waals surface area (Å²) in [5.41, 5.74) is 1.02. The molecule has 0 aromatic heterocycles. The molecule has 1 aliphatic rings. The van der Waals surface area contributed by atoms with Crippen LogP contribution in [0.4, 0.5) is 0 Å². The lowest BCUT2D eigenvalue weighted by atomic mass is 10.0. The summed E-state index contributed by atoms with van der Waals surface area (Å²) < 4.78 is 5.19. The van der Waals surface area contributed by atoms with E-state index in [9.17, 15) is 14.4 Å². The van der Waals surface area contributed by atoms with Crippen molar-refractivity contribution in [2.75, 3.05) is 27.2 Å². The van der Waals surface area contributed by atoms with E-state index in [0.29, 0.717) is 25.9 Å². The summed E-state index contributed by atoms with van der Waals surface area (Å²) in [4.78, 5) is 37.5. The average molecular weight is 347 g/mol. The van der Waals surface area contributed by atoms with Crippen LogP contribution in [0.2, 0.25) is 0 Å². The van der Waals surface area contributed by atoms with E-state index in [-0.39, 0.29) is 23.8 Å². The number of methoxy groups -OCH3 is 1. The van der Waals surface area contributed by atoms with Gasteiger partial charge in [0.25, 0.3) is 0 Å². The van der Waals surface area contributed by atoms with Crippen molar-refractivity contribution in [2.24, 2.45) is 5.92 Å². The number of likely N-dealkylation sites (tertiary alicyclic amines) is 1. The summed E-state index contributed by atoms with van der Waals surface area (Å²) in [6.45, 7) is 2.09. The van der Waals surface area contributed by atoms with Crippen molar-refractivity contribution in [1.29, 1.82) is 0 Å². The Morgan fingerprint density at radius 2 is 2.04 bits per heavy atom. The van der Waals surface area contributed by atoms with Gasteiger partial charge >= 0.3 is 0 Å². The zero-order chi connectivity index (χ0) is 18.4. The normalized spacial score (nSPS) is 19.4. The van der Waals surface area contributed by atoms with Crippen molar-refractivity contribution >= 4 is 17.7 Å². The fourth-order valence-corrected chi connectivity index (χ4v) is 3.10. The standard InChI is InChI=1S/C18H25N3O4/c1-12(22)20-16-11-21(10-15(16)18(24)19-2)17(23)8-7-13-5-4-6-14(9-13)25-3/h4-6,9,15-16H,7-8,10-11H2,1-3H3,(H,19,24)(H,20,22)/t15-,16-/m0/s1. The molecule has 25 heavy (non-hydrogen) atoms. The molecule has 1 fully saturated rings. The third-order valence-corrected chi connectivity index (χ3v) is 4.41. The fourth-order valence-electron chi connectivity index (χ4n) is 3.10. The number of amides is 3. The summed E-state index contributed by atoms with van der Waals surface area (Å²) in [6, 6.07) is 7.26. The highest BCUT2D eigenvalue weighted by Crippen LogP contribution is 2.20. The fraction of sp³-hybridized carbons (Fsp3) is 0.500. The Morgan fingerprint density at radius 3 is 2.68 bits per heavy atom. The van der Waals surface area contributed by atoms with E-state index < -0.39 is 5.92 Å². The topological polar surface area (TPSA) is 87.7 Å². The maximum absolute atomic E-state index is 12.5. The number of ether oxygens (including phenoxy) is 1. The van der Waals surface area contributed by atoms with Gasteiger partial charge in [0.05, 0.1) is 19.1 Å². The predicted molar refractivity (Wildman–Crippen MR) is 93.1 cm³/mol. The molecule has 1 aromatic rings. The monoisotopic (exact) mass is 347 g/mol. The SMILES string of the molecule is CNC(=O)[C@H]1CN(C(=O)CCc2cccc(OC)c2)C[C@@H]1NC(C)=O. The van der Waals surface area contributed by atoms with Crippen LogP contribution in [0.15, 0.2) is 24.3 Å². The lowest BCUT2D eigenvalue weighted by molar-refractivity contribution is -0.130. The van der Waals surface area contributed by atoms with E-state index in [1.165, 1.54) is 6.92 Å². The van der Waals surface area contributed by atoms with Crippen molar-refractivity contribution in [3.63, 3.8) is 0 Å². The van der Waals surface area contributed by atoms with Crippen LogP contribution >= 0.6 is 0 Å². The molecule has 0 saturated carbocycles. The van der Waals surface area contributed by atoms with Gasteiger partial charge in [-0.25, -0.2) is 0 Å². The molecule has 1 aliphatic heterocycles. The minimum atomic E-state index is -0.422. The number of carbonyl (C=O) groups excluding carboxylic acids is 3. The number of hydrogen-bond acceptors (Lipinski definition) is 4. The van der Waals surface area contributed by atoms with Crippen molar-refractivity contribution < 1.29 is 19.1 Å². The molecular weight excluding hydrogens is 322 g/mol. The summed E-state index contributed by atoms with van der Waals surface area (Å²) in [5.74, 6) is -0.0535. The number of nitrogens with one attached hydrogen (secondary N) is 2. The lowest BCUT2D eigenvalue weighted by Crippen LogP contribution is -2.44. The largest absolute Gasteiger partial charge is 0.497 e. The molecule has 0 unspecified atom stereocenters. The molecule has 0 radical (unpaired) electrons. The summed E-state index contributed by atoms with van der Waals surface area (Å²) in [6.07, 6.45) is 0.947. The van der Waals surface area contributed by atoms with Gasteiger partial charge in [-0.1, -0.05) is 12.1 Å². The van der Waals surface area contributed by atoms with Crippen molar-refractivity contribution in [3.8, 4) is 5.75 Å². The molecule has 1 saturated heterocycles. The number of carbonyl (C=O) groups is 3. The molecule has 136 valence electrons. The Labute approximate surface area is 147 Å². The van der Waals surface area contributed by atoms with Crippen LogP contribution in [-0.2, 0) is 20.8 Å². The van der Waals surface area contributed by atoms with Gasteiger partial charge in [0, 0.05) is 33.5 Å². The van der Waals surface area contributed by atoms with Crippen molar-refractivity contribution in [1.82, 2.24) is 15.5 Å². The quantitative estimate of drug-likeness (QED) is 0.777. The van der Waals surface area contributed by atoms with E-state index in [2.05, 4.69) is 10.6 Å². The van der Waals surface area contributed by atoms with Gasteiger partial charge in [0.15, 0.2) is 0 Å². The minimum absolute atomic E-state index is 0.0235. The van der Waals surface area contributed by atoms with Crippen LogP contribution in [0.25, 0.3) is 0 Å². The van der Waals surface area contributed by atoms with E-state index >= 15 is 0 Å². The van der Waals surface area contributed by atoms with Gasteiger partial charge < -0.3 is 20.3 Å². The number of rotatable bonds is 6. The third kappa shape index (κ3) is 4.95. The predicted octanol–water partition coefficient (Wildman–Crippen LogP) is 0.337. The van der Waals surface area contributed by atoms with Crippen molar-refractivity contribution in [3.05, 3.63) is 29.8 Å². The molecule has 1 heterocycles. The second kappa shape index (κ2) is 8.50. The number of hydrogen-bond donors (Lipinski definition) is 2. The van der Waals surface area contributed by atoms with Crippen molar-refractivity contribution in [2.45, 2.75) is 25.8 Å². The number of aryl methyl sites for hydroxylation is 1. The summed E-state index contributed by atoms with van der Waals surface area (Å²) >= 11 is 0. The average Bonchev–Trinajstić information content (AvgIpc) is 3.02. The van der Waals surface area contributed by atoms with Gasteiger partial charge in [0.2, 0.25) is 17.7 Å². The van der Waals surface area contributed by atoms with Gasteiger partial charge in [-0.2, -0.15) is 0 Å². The van der Waals surface area contributed by atoms with E-state index in [1.807, 2.05) is 24.3 Å². The molecular formula is C18H25N3O4. The van der Waals surface area contributed by atoms with Gasteiger partial charge in [-0.15, -0.1) is 0 Å². The summed E-state index contributed by atoms with van der Waals surface area (Å²) in [7, 11) is 3.16. The molecule has 3 amide bonds. The number of benzene rings is 1. The molecule has 0 bridgehead atoms. The first-order valence-corrected chi connectivity index (χ1v) is 8.34. The Hall–Kier alpha value is -2.57. The Balaban J connectivity index is 1.96. The molecule has 7 nitrogen and oxygen atoms in total.